The Balaban J connectivity index is 1.67. The summed E-state index contributed by atoms with van der Waals surface area (Å²) >= 11 is 0. The molecule has 1 aliphatic carbocycles. The highest BCUT2D eigenvalue weighted by Crippen LogP contribution is 2.40. The molecule has 2 saturated heterocycles. The molecule has 4 atom stereocenters. The molecule has 3 rings (SSSR count). The van der Waals surface area contributed by atoms with E-state index in [4.69, 9.17) is 0 Å². The summed E-state index contributed by atoms with van der Waals surface area (Å²) in [6.07, 6.45) is 3.92. The molecule has 0 aromatic carbocycles. The third-order valence-corrected chi connectivity index (χ3v) is 5.22. The van der Waals surface area contributed by atoms with Crippen LogP contribution in [0.1, 0.15) is 32.6 Å². The van der Waals surface area contributed by atoms with Gasteiger partial charge in [-0.1, -0.05) is 0 Å². The van der Waals surface area contributed by atoms with E-state index in [-0.39, 0.29) is 11.5 Å². The van der Waals surface area contributed by atoms with Crippen molar-refractivity contribution < 1.29 is 9.90 Å². The van der Waals surface area contributed by atoms with Gasteiger partial charge in [0.15, 0.2) is 0 Å². The number of aliphatic hydroxyl groups is 1. The quantitative estimate of drug-likeness (QED) is 0.719. The number of aliphatic hydroxyl groups excluding tert-OH is 1. The third kappa shape index (κ3) is 1.95. The van der Waals surface area contributed by atoms with Crippen LogP contribution in [-0.2, 0) is 4.79 Å². The first-order valence-electron chi connectivity index (χ1n) is 7.28. The van der Waals surface area contributed by atoms with Crippen LogP contribution in [0, 0.1) is 17.3 Å². The molecule has 1 saturated carbocycles. The van der Waals surface area contributed by atoms with Gasteiger partial charge in [-0.3, -0.25) is 4.79 Å². The van der Waals surface area contributed by atoms with Gasteiger partial charge >= 0.3 is 0 Å². The number of rotatable bonds is 1. The molecule has 102 valence electrons. The first kappa shape index (κ1) is 12.4. The predicted octanol–water partition coefficient (Wildman–Crippen LogP) is 0.605. The Morgan fingerprint density at radius 1 is 1.39 bits per heavy atom. The lowest BCUT2D eigenvalue weighted by atomic mass is 9.81. The zero-order chi connectivity index (χ0) is 12.8. The number of fused-ring (bicyclic) bond motifs is 1. The topological polar surface area (TPSA) is 52.6 Å². The summed E-state index contributed by atoms with van der Waals surface area (Å²) in [4.78, 5) is 14.7. The molecule has 4 unspecified atom stereocenters. The molecule has 2 aliphatic heterocycles. The number of likely N-dealkylation sites (tertiary alicyclic amines) is 1. The van der Waals surface area contributed by atoms with Gasteiger partial charge in [-0.05, 0) is 45.1 Å². The lowest BCUT2D eigenvalue weighted by Crippen LogP contribution is -2.50. The zero-order valence-corrected chi connectivity index (χ0v) is 11.2. The number of carbonyl (C=O) groups excluding carboxylic acids is 1. The smallest absolute Gasteiger partial charge is 0.229 e. The van der Waals surface area contributed by atoms with Crippen LogP contribution in [-0.4, -0.2) is 48.2 Å². The fraction of sp³-hybridized carbons (Fsp3) is 0.929. The standard InChI is InChI=1S/C14H24N2O2/c1-14(5-2-6-15-9-14)13(18)16-7-10-3-4-12(17)11(10)8-16/h10-12,15,17H,2-9H2,1H3. The summed E-state index contributed by atoms with van der Waals surface area (Å²) in [7, 11) is 0. The summed E-state index contributed by atoms with van der Waals surface area (Å²) < 4.78 is 0. The second kappa shape index (κ2) is 4.49. The van der Waals surface area contributed by atoms with Gasteiger partial charge in [0.25, 0.3) is 0 Å². The Labute approximate surface area is 109 Å². The fourth-order valence-corrected chi connectivity index (χ4v) is 4.02. The molecule has 0 bridgehead atoms. The largest absolute Gasteiger partial charge is 0.393 e. The maximum absolute atomic E-state index is 12.7. The zero-order valence-electron chi connectivity index (χ0n) is 11.2. The molecular weight excluding hydrogens is 228 g/mol. The van der Waals surface area contributed by atoms with Gasteiger partial charge in [-0.2, -0.15) is 0 Å². The number of hydrogen-bond donors (Lipinski definition) is 2. The molecule has 0 aromatic rings. The normalized spacial score (nSPS) is 44.1. The fourth-order valence-electron chi connectivity index (χ4n) is 4.02. The molecule has 3 fully saturated rings. The van der Waals surface area contributed by atoms with Crippen LogP contribution in [0.3, 0.4) is 0 Å². The van der Waals surface area contributed by atoms with E-state index in [1.54, 1.807) is 0 Å². The van der Waals surface area contributed by atoms with E-state index in [1.807, 2.05) is 4.90 Å². The monoisotopic (exact) mass is 252 g/mol. The minimum absolute atomic E-state index is 0.176. The molecule has 0 spiro atoms. The third-order valence-electron chi connectivity index (χ3n) is 5.22. The Morgan fingerprint density at radius 3 is 2.89 bits per heavy atom. The molecule has 3 aliphatic rings. The van der Waals surface area contributed by atoms with Gasteiger partial charge in [0.05, 0.1) is 11.5 Å². The molecular formula is C14H24N2O2. The average molecular weight is 252 g/mol. The number of carbonyl (C=O) groups is 1. The van der Waals surface area contributed by atoms with Crippen molar-refractivity contribution in [1.29, 1.82) is 0 Å². The SMILES string of the molecule is CC1(C(=O)N2CC3CCC(O)C3C2)CCCNC1. The van der Waals surface area contributed by atoms with Crippen molar-refractivity contribution in [2.24, 2.45) is 17.3 Å². The predicted molar refractivity (Wildman–Crippen MR) is 69.0 cm³/mol. The van der Waals surface area contributed by atoms with Gasteiger partial charge in [-0.25, -0.2) is 0 Å². The van der Waals surface area contributed by atoms with E-state index >= 15 is 0 Å². The van der Waals surface area contributed by atoms with Gasteiger partial charge in [0.1, 0.15) is 0 Å². The highest BCUT2D eigenvalue weighted by atomic mass is 16.3. The van der Waals surface area contributed by atoms with E-state index in [9.17, 15) is 9.90 Å². The number of amides is 1. The first-order valence-corrected chi connectivity index (χ1v) is 7.28. The van der Waals surface area contributed by atoms with E-state index in [1.165, 1.54) is 0 Å². The minimum Gasteiger partial charge on any atom is -0.393 e. The summed E-state index contributed by atoms with van der Waals surface area (Å²) in [6, 6.07) is 0. The number of hydrogen-bond acceptors (Lipinski definition) is 3. The summed E-state index contributed by atoms with van der Waals surface area (Å²) in [5.74, 6) is 1.19. The van der Waals surface area contributed by atoms with Crippen LogP contribution in [0.2, 0.25) is 0 Å². The van der Waals surface area contributed by atoms with Crippen molar-refractivity contribution in [3.63, 3.8) is 0 Å². The maximum Gasteiger partial charge on any atom is 0.229 e. The van der Waals surface area contributed by atoms with Crippen LogP contribution >= 0.6 is 0 Å². The van der Waals surface area contributed by atoms with E-state index in [0.29, 0.717) is 17.7 Å². The molecule has 2 heterocycles. The summed E-state index contributed by atoms with van der Waals surface area (Å²) in [5.41, 5.74) is -0.220. The van der Waals surface area contributed by atoms with Crippen molar-refractivity contribution in [3.8, 4) is 0 Å². The Kier molecular flexibility index (Phi) is 3.10. The van der Waals surface area contributed by atoms with Gasteiger partial charge < -0.3 is 15.3 Å². The maximum atomic E-state index is 12.7. The van der Waals surface area contributed by atoms with Crippen LogP contribution in [0.25, 0.3) is 0 Å². The van der Waals surface area contributed by atoms with Crippen molar-refractivity contribution in [2.45, 2.75) is 38.7 Å². The first-order chi connectivity index (χ1) is 8.60. The van der Waals surface area contributed by atoms with E-state index < -0.39 is 0 Å². The Morgan fingerprint density at radius 2 is 2.22 bits per heavy atom. The molecule has 4 heteroatoms. The second-order valence-corrected chi connectivity index (χ2v) is 6.62. The van der Waals surface area contributed by atoms with Crippen molar-refractivity contribution in [3.05, 3.63) is 0 Å². The molecule has 0 radical (unpaired) electrons. The van der Waals surface area contributed by atoms with Crippen molar-refractivity contribution in [2.75, 3.05) is 26.2 Å². The molecule has 1 amide bonds. The molecule has 4 nitrogen and oxygen atoms in total. The van der Waals surface area contributed by atoms with Gasteiger partial charge in [-0.15, -0.1) is 0 Å². The van der Waals surface area contributed by atoms with Crippen molar-refractivity contribution in [1.82, 2.24) is 10.2 Å². The van der Waals surface area contributed by atoms with Crippen LogP contribution in [0.4, 0.5) is 0 Å². The van der Waals surface area contributed by atoms with Gasteiger partial charge in [0.2, 0.25) is 5.91 Å². The highest BCUT2D eigenvalue weighted by molar-refractivity contribution is 5.83. The lowest BCUT2D eigenvalue weighted by molar-refractivity contribution is -0.141. The lowest BCUT2D eigenvalue weighted by Gasteiger charge is -2.36. The number of nitrogens with zero attached hydrogens (tertiary/aromatic N) is 1. The summed E-state index contributed by atoms with van der Waals surface area (Å²) in [6.45, 7) is 5.58. The van der Waals surface area contributed by atoms with Gasteiger partial charge in [0, 0.05) is 25.6 Å². The summed E-state index contributed by atoms with van der Waals surface area (Å²) in [5, 5.41) is 13.3. The van der Waals surface area contributed by atoms with E-state index in [0.717, 1.165) is 51.9 Å². The van der Waals surface area contributed by atoms with Crippen LogP contribution < -0.4 is 5.32 Å². The van der Waals surface area contributed by atoms with Crippen LogP contribution in [0.5, 0.6) is 0 Å². The second-order valence-electron chi connectivity index (χ2n) is 6.62. The molecule has 0 aromatic heterocycles. The highest BCUT2D eigenvalue weighted by Gasteiger charge is 2.47. The van der Waals surface area contributed by atoms with E-state index in [2.05, 4.69) is 12.2 Å². The van der Waals surface area contributed by atoms with Crippen LogP contribution in [0.15, 0.2) is 0 Å². The number of nitrogens with one attached hydrogen (secondary N) is 1. The Hall–Kier alpha value is -0.610. The minimum atomic E-state index is -0.220. The average Bonchev–Trinajstić information content (AvgIpc) is 2.92. The van der Waals surface area contributed by atoms with Crippen molar-refractivity contribution >= 4 is 5.91 Å². The number of piperidine rings is 1. The Bertz CT molecular complexity index is 339. The molecule has 2 N–H and O–H groups in total. The molecule has 18 heavy (non-hydrogen) atoms.